The minimum absolute atomic E-state index is 0.221. The Kier molecular flexibility index (Phi) is 6.33. The Morgan fingerprint density at radius 1 is 1.19 bits per heavy atom. The van der Waals surface area contributed by atoms with E-state index in [1.807, 2.05) is 43.0 Å². The number of amides is 2. The Balaban J connectivity index is 2.77. The molecule has 21 heavy (non-hydrogen) atoms. The fourth-order valence-corrected chi connectivity index (χ4v) is 2.04. The van der Waals surface area contributed by atoms with Crippen LogP contribution in [0.25, 0.3) is 0 Å². The summed E-state index contributed by atoms with van der Waals surface area (Å²) in [5, 5.41) is 0. The highest BCUT2D eigenvalue weighted by molar-refractivity contribution is 5.82. The van der Waals surface area contributed by atoms with Gasteiger partial charge in [0.25, 0.3) is 0 Å². The molecule has 1 atom stereocenters. The Bertz CT molecular complexity index is 485. The lowest BCUT2D eigenvalue weighted by atomic mass is 9.99. The summed E-state index contributed by atoms with van der Waals surface area (Å²) in [4.78, 5) is 24.6. The third-order valence-electron chi connectivity index (χ3n) is 3.49. The summed E-state index contributed by atoms with van der Waals surface area (Å²) < 4.78 is 0. The van der Waals surface area contributed by atoms with Crippen LogP contribution in [0.4, 0.5) is 0 Å². The van der Waals surface area contributed by atoms with Crippen LogP contribution < -0.4 is 17.0 Å². The maximum Gasteiger partial charge on any atom is 0.241 e. The van der Waals surface area contributed by atoms with Crippen LogP contribution in [0.15, 0.2) is 24.3 Å². The molecule has 6 nitrogen and oxygen atoms in total. The third-order valence-corrected chi connectivity index (χ3v) is 3.49. The number of rotatable bonds is 7. The van der Waals surface area contributed by atoms with E-state index in [9.17, 15) is 9.59 Å². The fraction of sp³-hybridized carbons (Fsp3) is 0.467. The van der Waals surface area contributed by atoms with Crippen LogP contribution in [-0.2, 0) is 16.1 Å². The smallest absolute Gasteiger partial charge is 0.241 e. The summed E-state index contributed by atoms with van der Waals surface area (Å²) in [6.45, 7) is 6.70. The molecular formula is C15H24N4O2. The predicted octanol–water partition coefficient (Wildman–Crippen LogP) is 0.476. The largest absolute Gasteiger partial charge is 0.369 e. The molecule has 0 aliphatic heterocycles. The molecule has 1 unspecified atom stereocenters. The van der Waals surface area contributed by atoms with E-state index in [0.29, 0.717) is 6.54 Å². The first-order valence-electron chi connectivity index (χ1n) is 6.96. The molecule has 0 aromatic heterocycles. The second kappa shape index (κ2) is 7.75. The standard InChI is InChI=1S/C15H24N4O2/c1-10(2)19(9-14(16)20)8-12-4-6-13(7-5-12)11(3)15(21)18-17/h4-7,10-11H,8-9,17H2,1-3H3,(H2,16,20)(H,18,21). The number of hydrogen-bond acceptors (Lipinski definition) is 4. The minimum Gasteiger partial charge on any atom is -0.369 e. The van der Waals surface area contributed by atoms with Gasteiger partial charge in [0, 0.05) is 12.6 Å². The van der Waals surface area contributed by atoms with E-state index in [1.165, 1.54) is 0 Å². The number of carbonyl (C=O) groups is 2. The molecule has 2 amide bonds. The number of nitrogens with one attached hydrogen (secondary N) is 1. The number of carbonyl (C=O) groups excluding carboxylic acids is 2. The Labute approximate surface area is 125 Å². The van der Waals surface area contributed by atoms with Crippen molar-refractivity contribution in [2.24, 2.45) is 11.6 Å². The average molecular weight is 292 g/mol. The van der Waals surface area contributed by atoms with Crippen LogP contribution in [0.5, 0.6) is 0 Å². The molecule has 1 aromatic carbocycles. The Hall–Kier alpha value is -1.92. The van der Waals surface area contributed by atoms with Crippen molar-refractivity contribution in [3.63, 3.8) is 0 Å². The maximum atomic E-state index is 11.5. The molecule has 0 saturated carbocycles. The molecule has 5 N–H and O–H groups in total. The van der Waals surface area contributed by atoms with Gasteiger partial charge in [-0.2, -0.15) is 0 Å². The molecule has 1 rings (SSSR count). The monoisotopic (exact) mass is 292 g/mol. The third kappa shape index (κ3) is 5.17. The van der Waals surface area contributed by atoms with Crippen LogP contribution in [0.1, 0.15) is 37.8 Å². The lowest BCUT2D eigenvalue weighted by molar-refractivity contribution is -0.122. The van der Waals surface area contributed by atoms with Gasteiger partial charge in [0.05, 0.1) is 12.5 Å². The first-order valence-corrected chi connectivity index (χ1v) is 6.96. The molecular weight excluding hydrogens is 268 g/mol. The summed E-state index contributed by atoms with van der Waals surface area (Å²) in [6.07, 6.45) is 0. The molecule has 0 bridgehead atoms. The van der Waals surface area contributed by atoms with Gasteiger partial charge in [-0.1, -0.05) is 24.3 Å². The van der Waals surface area contributed by atoms with Gasteiger partial charge in [0.15, 0.2) is 0 Å². The SMILES string of the molecule is CC(C(=O)NN)c1ccc(CN(CC(N)=O)C(C)C)cc1. The van der Waals surface area contributed by atoms with E-state index in [1.54, 1.807) is 6.92 Å². The number of benzene rings is 1. The van der Waals surface area contributed by atoms with Crippen molar-refractivity contribution in [1.29, 1.82) is 0 Å². The molecule has 1 aromatic rings. The van der Waals surface area contributed by atoms with Gasteiger partial charge in [0.1, 0.15) is 0 Å². The van der Waals surface area contributed by atoms with Crippen molar-refractivity contribution >= 4 is 11.8 Å². The summed E-state index contributed by atoms with van der Waals surface area (Å²) in [5.74, 6) is 4.28. The summed E-state index contributed by atoms with van der Waals surface area (Å²) in [5.41, 5.74) is 9.37. The first-order chi connectivity index (χ1) is 9.85. The van der Waals surface area contributed by atoms with Crippen LogP contribution in [0, 0.1) is 0 Å². The molecule has 0 fully saturated rings. The van der Waals surface area contributed by atoms with E-state index in [2.05, 4.69) is 5.43 Å². The highest BCUT2D eigenvalue weighted by atomic mass is 16.2. The molecule has 0 radical (unpaired) electrons. The van der Waals surface area contributed by atoms with Gasteiger partial charge in [-0.15, -0.1) is 0 Å². The van der Waals surface area contributed by atoms with E-state index in [0.717, 1.165) is 11.1 Å². The van der Waals surface area contributed by atoms with Gasteiger partial charge in [0.2, 0.25) is 11.8 Å². The molecule has 0 heterocycles. The van der Waals surface area contributed by atoms with Gasteiger partial charge >= 0.3 is 0 Å². The van der Waals surface area contributed by atoms with E-state index in [-0.39, 0.29) is 30.3 Å². The van der Waals surface area contributed by atoms with Crippen molar-refractivity contribution in [2.75, 3.05) is 6.54 Å². The van der Waals surface area contributed by atoms with Gasteiger partial charge < -0.3 is 5.73 Å². The van der Waals surface area contributed by atoms with Crippen LogP contribution in [0.2, 0.25) is 0 Å². The lowest BCUT2D eigenvalue weighted by Gasteiger charge is -2.25. The van der Waals surface area contributed by atoms with E-state index < -0.39 is 0 Å². The zero-order valence-electron chi connectivity index (χ0n) is 12.8. The second-order valence-corrected chi connectivity index (χ2v) is 5.44. The number of nitrogens with zero attached hydrogens (tertiary/aromatic N) is 1. The number of hydrazine groups is 1. The zero-order valence-corrected chi connectivity index (χ0v) is 12.8. The number of hydrogen-bond donors (Lipinski definition) is 3. The molecule has 116 valence electrons. The molecule has 0 aliphatic carbocycles. The quantitative estimate of drug-likeness (QED) is 0.386. The van der Waals surface area contributed by atoms with Crippen molar-refractivity contribution < 1.29 is 9.59 Å². The van der Waals surface area contributed by atoms with Gasteiger partial charge in [-0.25, -0.2) is 5.84 Å². The summed E-state index contributed by atoms with van der Waals surface area (Å²) in [7, 11) is 0. The Morgan fingerprint density at radius 2 is 1.76 bits per heavy atom. The summed E-state index contributed by atoms with van der Waals surface area (Å²) >= 11 is 0. The van der Waals surface area contributed by atoms with Crippen molar-refractivity contribution in [3.8, 4) is 0 Å². The number of primary amides is 1. The predicted molar refractivity (Wildman–Crippen MR) is 81.9 cm³/mol. The van der Waals surface area contributed by atoms with Crippen LogP contribution in [-0.4, -0.2) is 29.3 Å². The lowest BCUT2D eigenvalue weighted by Crippen LogP contribution is -2.38. The summed E-state index contributed by atoms with van der Waals surface area (Å²) in [6, 6.07) is 7.92. The van der Waals surface area contributed by atoms with Gasteiger partial charge in [-0.05, 0) is 31.9 Å². The highest BCUT2D eigenvalue weighted by Crippen LogP contribution is 2.17. The van der Waals surface area contributed by atoms with Crippen LogP contribution >= 0.6 is 0 Å². The van der Waals surface area contributed by atoms with Crippen molar-refractivity contribution in [2.45, 2.75) is 39.3 Å². The molecule has 0 saturated heterocycles. The zero-order chi connectivity index (χ0) is 16.0. The first kappa shape index (κ1) is 17.1. The van der Waals surface area contributed by atoms with Gasteiger partial charge in [-0.3, -0.25) is 19.9 Å². The minimum atomic E-state index is -0.339. The maximum absolute atomic E-state index is 11.5. The van der Waals surface area contributed by atoms with E-state index in [4.69, 9.17) is 11.6 Å². The topological polar surface area (TPSA) is 101 Å². The van der Waals surface area contributed by atoms with Crippen molar-refractivity contribution in [3.05, 3.63) is 35.4 Å². The molecule has 0 aliphatic rings. The van der Waals surface area contributed by atoms with Crippen LogP contribution in [0.3, 0.4) is 0 Å². The second-order valence-electron chi connectivity index (χ2n) is 5.44. The average Bonchev–Trinajstić information content (AvgIpc) is 2.45. The molecule has 0 spiro atoms. The fourth-order valence-electron chi connectivity index (χ4n) is 2.04. The molecule has 6 heteroatoms. The number of nitrogens with two attached hydrogens (primary N) is 2. The highest BCUT2D eigenvalue weighted by Gasteiger charge is 2.15. The van der Waals surface area contributed by atoms with Crippen molar-refractivity contribution in [1.82, 2.24) is 10.3 Å². The van der Waals surface area contributed by atoms with E-state index >= 15 is 0 Å². The normalized spacial score (nSPS) is 12.5. The Morgan fingerprint density at radius 3 is 2.19 bits per heavy atom.